The molecule has 25 heavy (non-hydrogen) atoms. The second kappa shape index (κ2) is 7.57. The molecule has 0 N–H and O–H groups in total. The van der Waals surface area contributed by atoms with E-state index >= 15 is 0 Å². The largest absolute Gasteiger partial charge is 0.416 e. The van der Waals surface area contributed by atoms with Crippen molar-refractivity contribution in [2.75, 3.05) is 23.0 Å². The number of benzene rings is 1. The minimum absolute atomic E-state index is 0.112. The SMILES string of the molecule is CCCS(=O)(=O)CC(=O)N1CC[C@H](C)Sc2ccc(C(F)(F)F)cc21. The first-order valence-corrected chi connectivity index (χ1v) is 10.6. The highest BCUT2D eigenvalue weighted by Crippen LogP contribution is 2.41. The highest BCUT2D eigenvalue weighted by molar-refractivity contribution is 8.00. The zero-order chi connectivity index (χ0) is 18.8. The van der Waals surface area contributed by atoms with Crippen LogP contribution in [0, 0.1) is 0 Å². The number of hydrogen-bond donors (Lipinski definition) is 0. The van der Waals surface area contributed by atoms with E-state index in [9.17, 15) is 26.4 Å². The van der Waals surface area contributed by atoms with Crippen LogP contribution >= 0.6 is 11.8 Å². The lowest BCUT2D eigenvalue weighted by Gasteiger charge is -2.23. The van der Waals surface area contributed by atoms with E-state index in [0.717, 1.165) is 12.1 Å². The van der Waals surface area contributed by atoms with Crippen LogP contribution in [0.3, 0.4) is 0 Å². The molecule has 4 nitrogen and oxygen atoms in total. The summed E-state index contributed by atoms with van der Waals surface area (Å²) < 4.78 is 63.0. The Bertz CT molecular complexity index is 747. The van der Waals surface area contributed by atoms with Gasteiger partial charge in [-0.1, -0.05) is 13.8 Å². The number of alkyl halides is 3. The topological polar surface area (TPSA) is 54.5 Å². The van der Waals surface area contributed by atoms with Crippen molar-refractivity contribution in [1.82, 2.24) is 0 Å². The molecule has 0 unspecified atom stereocenters. The second-order valence-corrected chi connectivity index (χ2v) is 9.70. The number of carbonyl (C=O) groups excluding carboxylic acids is 1. The Morgan fingerprint density at radius 2 is 2.04 bits per heavy atom. The molecule has 0 saturated heterocycles. The molecule has 1 heterocycles. The van der Waals surface area contributed by atoms with Gasteiger partial charge in [0.2, 0.25) is 5.91 Å². The fourth-order valence-corrected chi connectivity index (χ4v) is 5.01. The van der Waals surface area contributed by atoms with Crippen molar-refractivity contribution < 1.29 is 26.4 Å². The number of carbonyl (C=O) groups is 1. The summed E-state index contributed by atoms with van der Waals surface area (Å²) in [5, 5.41) is 0.112. The molecular weight excluding hydrogens is 375 g/mol. The summed E-state index contributed by atoms with van der Waals surface area (Å²) in [5.41, 5.74) is -0.712. The molecule has 0 aromatic heterocycles. The van der Waals surface area contributed by atoms with E-state index < -0.39 is 33.2 Å². The van der Waals surface area contributed by atoms with Gasteiger partial charge in [-0.25, -0.2) is 8.42 Å². The van der Waals surface area contributed by atoms with Crippen LogP contribution in [-0.4, -0.2) is 37.6 Å². The van der Waals surface area contributed by atoms with Gasteiger partial charge in [0.1, 0.15) is 5.75 Å². The number of amides is 1. The summed E-state index contributed by atoms with van der Waals surface area (Å²) in [6, 6.07) is 3.27. The van der Waals surface area contributed by atoms with Crippen molar-refractivity contribution in [3.8, 4) is 0 Å². The predicted molar refractivity (Wildman–Crippen MR) is 92.7 cm³/mol. The van der Waals surface area contributed by atoms with Crippen molar-refractivity contribution in [3.05, 3.63) is 23.8 Å². The maximum Gasteiger partial charge on any atom is 0.416 e. The Morgan fingerprint density at radius 3 is 2.64 bits per heavy atom. The zero-order valence-electron chi connectivity index (χ0n) is 14.0. The Labute approximate surface area is 149 Å². The van der Waals surface area contributed by atoms with Crippen molar-refractivity contribution in [3.63, 3.8) is 0 Å². The molecule has 1 atom stereocenters. The fourth-order valence-electron chi connectivity index (χ4n) is 2.62. The molecule has 0 radical (unpaired) electrons. The molecule has 1 amide bonds. The molecule has 0 spiro atoms. The Morgan fingerprint density at radius 1 is 1.36 bits per heavy atom. The Hall–Kier alpha value is -1.22. The van der Waals surface area contributed by atoms with Gasteiger partial charge in [-0.3, -0.25) is 4.79 Å². The normalized spacial score (nSPS) is 18.6. The predicted octanol–water partition coefficient (Wildman–Crippen LogP) is 3.75. The van der Waals surface area contributed by atoms with Gasteiger partial charge in [-0.2, -0.15) is 13.2 Å². The maximum atomic E-state index is 13.0. The molecule has 0 aliphatic carbocycles. The van der Waals surface area contributed by atoms with Crippen molar-refractivity contribution in [2.45, 2.75) is 43.0 Å². The van der Waals surface area contributed by atoms with Crippen molar-refractivity contribution in [2.24, 2.45) is 0 Å². The zero-order valence-corrected chi connectivity index (χ0v) is 15.6. The van der Waals surface area contributed by atoms with Gasteiger partial charge in [0, 0.05) is 16.7 Å². The van der Waals surface area contributed by atoms with Gasteiger partial charge in [-0.05, 0) is 31.0 Å². The average molecular weight is 395 g/mol. The number of halogens is 3. The third kappa shape index (κ3) is 5.13. The molecule has 0 bridgehead atoms. The molecule has 1 aromatic rings. The molecule has 9 heteroatoms. The molecule has 1 aromatic carbocycles. The van der Waals surface area contributed by atoms with Gasteiger partial charge < -0.3 is 4.90 Å². The Balaban J connectivity index is 2.41. The van der Waals surface area contributed by atoms with Crippen LogP contribution in [0.2, 0.25) is 0 Å². The standard InChI is InChI=1S/C16H20F3NO3S2/c1-3-8-25(22,23)10-15(21)20-7-6-11(2)24-14-5-4-12(9-13(14)20)16(17,18)19/h4-5,9,11H,3,6-8,10H2,1-2H3/t11-/m0/s1. The van der Waals surface area contributed by atoms with E-state index in [1.807, 2.05) is 6.92 Å². The highest BCUT2D eigenvalue weighted by atomic mass is 32.2. The van der Waals surface area contributed by atoms with Crippen molar-refractivity contribution in [1.29, 1.82) is 0 Å². The maximum absolute atomic E-state index is 13.0. The molecule has 2 rings (SSSR count). The van der Waals surface area contributed by atoms with Crippen LogP contribution in [0.4, 0.5) is 18.9 Å². The molecule has 0 fully saturated rings. The van der Waals surface area contributed by atoms with Crippen LogP contribution in [0.25, 0.3) is 0 Å². The molecule has 140 valence electrons. The third-order valence-corrected chi connectivity index (χ3v) is 6.78. The van der Waals surface area contributed by atoms with E-state index in [1.165, 1.54) is 22.7 Å². The minimum atomic E-state index is -4.53. The summed E-state index contributed by atoms with van der Waals surface area (Å²) >= 11 is 1.39. The van der Waals surface area contributed by atoms with Gasteiger partial charge in [-0.15, -0.1) is 11.8 Å². The molecule has 1 aliphatic rings. The number of rotatable bonds is 4. The van der Waals surface area contributed by atoms with E-state index in [1.54, 1.807) is 6.92 Å². The summed E-state index contributed by atoms with van der Waals surface area (Å²) in [6.45, 7) is 3.81. The van der Waals surface area contributed by atoms with Crippen LogP contribution in [0.15, 0.2) is 23.1 Å². The molecule has 1 aliphatic heterocycles. The number of thioether (sulfide) groups is 1. The second-order valence-electron chi connectivity index (χ2n) is 6.03. The average Bonchev–Trinajstić information content (AvgIpc) is 2.63. The molecular formula is C16H20F3NO3S2. The monoisotopic (exact) mass is 395 g/mol. The van der Waals surface area contributed by atoms with Gasteiger partial charge in [0.05, 0.1) is 17.0 Å². The van der Waals surface area contributed by atoms with Crippen LogP contribution in [0.5, 0.6) is 0 Å². The number of anilines is 1. The van der Waals surface area contributed by atoms with E-state index in [-0.39, 0.29) is 23.2 Å². The lowest BCUT2D eigenvalue weighted by atomic mass is 10.1. The van der Waals surface area contributed by atoms with Gasteiger partial charge >= 0.3 is 6.18 Å². The third-order valence-electron chi connectivity index (χ3n) is 3.82. The highest BCUT2D eigenvalue weighted by Gasteiger charge is 2.34. The van der Waals surface area contributed by atoms with Crippen LogP contribution in [0.1, 0.15) is 32.3 Å². The summed E-state index contributed by atoms with van der Waals surface area (Å²) in [5.74, 6) is -1.48. The number of nitrogens with zero attached hydrogens (tertiary/aromatic N) is 1. The summed E-state index contributed by atoms with van der Waals surface area (Å²) in [7, 11) is -3.57. The first-order chi connectivity index (χ1) is 11.5. The lowest BCUT2D eigenvalue weighted by molar-refractivity contribution is -0.137. The Kier molecular flexibility index (Phi) is 6.09. The summed E-state index contributed by atoms with van der Waals surface area (Å²) in [6.07, 6.45) is -3.57. The van der Waals surface area contributed by atoms with E-state index in [0.29, 0.717) is 17.7 Å². The smallest absolute Gasteiger partial charge is 0.310 e. The fraction of sp³-hybridized carbons (Fsp3) is 0.562. The van der Waals surface area contributed by atoms with Crippen LogP contribution in [-0.2, 0) is 20.8 Å². The number of hydrogen-bond acceptors (Lipinski definition) is 4. The van der Waals surface area contributed by atoms with Crippen molar-refractivity contribution >= 4 is 33.2 Å². The van der Waals surface area contributed by atoms with Gasteiger partial charge in [0.25, 0.3) is 0 Å². The lowest BCUT2D eigenvalue weighted by Crippen LogP contribution is -2.37. The minimum Gasteiger partial charge on any atom is -0.310 e. The number of sulfone groups is 1. The quantitative estimate of drug-likeness (QED) is 0.779. The van der Waals surface area contributed by atoms with E-state index in [2.05, 4.69) is 0 Å². The number of fused-ring (bicyclic) bond motifs is 1. The van der Waals surface area contributed by atoms with Crippen LogP contribution < -0.4 is 4.90 Å². The first kappa shape index (κ1) is 20.1. The first-order valence-electron chi connectivity index (χ1n) is 7.92. The van der Waals surface area contributed by atoms with Gasteiger partial charge in [0.15, 0.2) is 9.84 Å². The molecule has 0 saturated carbocycles. The summed E-state index contributed by atoms with van der Waals surface area (Å²) in [4.78, 5) is 14.3. The van der Waals surface area contributed by atoms with E-state index in [4.69, 9.17) is 0 Å².